The Labute approximate surface area is 106 Å². The van der Waals surface area contributed by atoms with Crippen LogP contribution in [0.25, 0.3) is 0 Å². The summed E-state index contributed by atoms with van der Waals surface area (Å²) in [5.41, 5.74) is 1.01. The predicted octanol–water partition coefficient (Wildman–Crippen LogP) is 3.40. The molecule has 2 atom stereocenters. The third kappa shape index (κ3) is 3.37. The number of nitrogens with one attached hydrogen (secondary N) is 1. The van der Waals surface area contributed by atoms with Crippen LogP contribution >= 0.6 is 11.6 Å². The van der Waals surface area contributed by atoms with Crippen molar-refractivity contribution in [1.29, 1.82) is 0 Å². The minimum absolute atomic E-state index is 0.200. The molecular formula is C13H16ClNO2. The van der Waals surface area contributed by atoms with Crippen molar-refractivity contribution >= 4 is 23.3 Å². The summed E-state index contributed by atoms with van der Waals surface area (Å²) in [4.78, 5) is 11.0. The Morgan fingerprint density at radius 1 is 1.29 bits per heavy atom. The van der Waals surface area contributed by atoms with Gasteiger partial charge < -0.3 is 10.4 Å². The van der Waals surface area contributed by atoms with Gasteiger partial charge in [0.15, 0.2) is 0 Å². The number of rotatable bonds is 3. The van der Waals surface area contributed by atoms with E-state index < -0.39 is 5.97 Å². The number of anilines is 1. The monoisotopic (exact) mass is 253 g/mol. The van der Waals surface area contributed by atoms with Gasteiger partial charge in [-0.3, -0.25) is 4.79 Å². The molecule has 2 N–H and O–H groups in total. The number of carboxylic acid groups (broad SMARTS) is 1. The molecular weight excluding hydrogens is 238 g/mol. The Kier molecular flexibility index (Phi) is 3.89. The second kappa shape index (κ2) is 5.41. The summed E-state index contributed by atoms with van der Waals surface area (Å²) in [6.45, 7) is 0. The number of aliphatic carboxylic acids is 1. The summed E-state index contributed by atoms with van der Waals surface area (Å²) in [6, 6.07) is 7.77. The average molecular weight is 254 g/mol. The number of carbonyl (C=O) groups is 1. The van der Waals surface area contributed by atoms with Gasteiger partial charge in [-0.25, -0.2) is 0 Å². The summed E-state index contributed by atoms with van der Waals surface area (Å²) in [6.07, 6.45) is 3.51. The lowest BCUT2D eigenvalue weighted by atomic mass is 9.85. The van der Waals surface area contributed by atoms with E-state index in [4.69, 9.17) is 16.7 Å². The molecule has 2 unspecified atom stereocenters. The lowest BCUT2D eigenvalue weighted by Crippen LogP contribution is -2.30. The lowest BCUT2D eigenvalue weighted by Gasteiger charge is -2.28. The SMILES string of the molecule is O=C(O)C1CCCC(Nc2ccc(Cl)cc2)C1. The van der Waals surface area contributed by atoms with E-state index in [1.807, 2.05) is 24.3 Å². The highest BCUT2D eigenvalue weighted by molar-refractivity contribution is 6.30. The van der Waals surface area contributed by atoms with Crippen LogP contribution < -0.4 is 5.32 Å². The molecule has 2 rings (SSSR count). The molecule has 1 aromatic carbocycles. The summed E-state index contributed by atoms with van der Waals surface area (Å²) in [5, 5.41) is 13.1. The van der Waals surface area contributed by atoms with E-state index in [9.17, 15) is 4.79 Å². The first-order valence-corrected chi connectivity index (χ1v) is 6.28. The zero-order valence-electron chi connectivity index (χ0n) is 9.53. The summed E-state index contributed by atoms with van der Waals surface area (Å²) in [7, 11) is 0. The van der Waals surface area contributed by atoms with Crippen molar-refractivity contribution in [3.8, 4) is 0 Å². The van der Waals surface area contributed by atoms with Gasteiger partial charge in [-0.2, -0.15) is 0 Å². The molecule has 1 aliphatic rings. The molecule has 0 spiro atoms. The maximum Gasteiger partial charge on any atom is 0.306 e. The Hall–Kier alpha value is -1.22. The van der Waals surface area contributed by atoms with E-state index in [2.05, 4.69) is 5.32 Å². The molecule has 1 aliphatic carbocycles. The van der Waals surface area contributed by atoms with E-state index in [-0.39, 0.29) is 12.0 Å². The molecule has 0 aliphatic heterocycles. The number of benzene rings is 1. The highest BCUT2D eigenvalue weighted by Crippen LogP contribution is 2.27. The third-order valence-electron chi connectivity index (χ3n) is 3.24. The normalized spacial score (nSPS) is 24.3. The molecule has 0 radical (unpaired) electrons. The maximum atomic E-state index is 11.0. The largest absolute Gasteiger partial charge is 0.481 e. The van der Waals surface area contributed by atoms with Crippen molar-refractivity contribution in [1.82, 2.24) is 0 Å². The van der Waals surface area contributed by atoms with Crippen molar-refractivity contribution in [3.05, 3.63) is 29.3 Å². The van der Waals surface area contributed by atoms with Crippen LogP contribution in [-0.2, 0) is 4.79 Å². The van der Waals surface area contributed by atoms with E-state index in [0.29, 0.717) is 11.4 Å². The van der Waals surface area contributed by atoms with Crippen molar-refractivity contribution in [3.63, 3.8) is 0 Å². The maximum absolute atomic E-state index is 11.0. The van der Waals surface area contributed by atoms with E-state index in [1.54, 1.807) is 0 Å². The molecule has 0 aromatic heterocycles. The number of halogens is 1. The van der Waals surface area contributed by atoms with Crippen LogP contribution in [0.4, 0.5) is 5.69 Å². The smallest absolute Gasteiger partial charge is 0.306 e. The Bertz CT molecular complexity index is 391. The first-order chi connectivity index (χ1) is 8.15. The highest BCUT2D eigenvalue weighted by Gasteiger charge is 2.26. The topological polar surface area (TPSA) is 49.3 Å². The second-order valence-corrected chi connectivity index (χ2v) is 4.99. The van der Waals surface area contributed by atoms with Gasteiger partial charge in [0, 0.05) is 16.8 Å². The van der Waals surface area contributed by atoms with E-state index >= 15 is 0 Å². The molecule has 1 fully saturated rings. The van der Waals surface area contributed by atoms with Crippen LogP contribution in [0.2, 0.25) is 5.02 Å². The summed E-state index contributed by atoms with van der Waals surface area (Å²) < 4.78 is 0. The predicted molar refractivity (Wildman–Crippen MR) is 68.5 cm³/mol. The van der Waals surface area contributed by atoms with Gasteiger partial charge in [-0.05, 0) is 43.5 Å². The fourth-order valence-electron chi connectivity index (χ4n) is 2.33. The Morgan fingerprint density at radius 2 is 2.00 bits per heavy atom. The van der Waals surface area contributed by atoms with Crippen LogP contribution in [-0.4, -0.2) is 17.1 Å². The van der Waals surface area contributed by atoms with E-state index in [1.165, 1.54) is 0 Å². The van der Waals surface area contributed by atoms with Gasteiger partial charge in [-0.15, -0.1) is 0 Å². The Balaban J connectivity index is 1.94. The standard InChI is InChI=1S/C13H16ClNO2/c14-10-4-6-11(7-5-10)15-12-3-1-2-9(8-12)13(16)17/h4-7,9,12,15H,1-3,8H2,(H,16,17). The highest BCUT2D eigenvalue weighted by atomic mass is 35.5. The van der Waals surface area contributed by atoms with Crippen molar-refractivity contribution < 1.29 is 9.90 Å². The molecule has 92 valence electrons. The first kappa shape index (κ1) is 12.2. The molecule has 4 heteroatoms. The van der Waals surface area contributed by atoms with Gasteiger partial charge >= 0.3 is 5.97 Å². The zero-order valence-corrected chi connectivity index (χ0v) is 10.3. The number of hydrogen-bond donors (Lipinski definition) is 2. The first-order valence-electron chi connectivity index (χ1n) is 5.90. The zero-order chi connectivity index (χ0) is 12.3. The van der Waals surface area contributed by atoms with Gasteiger partial charge in [-0.1, -0.05) is 18.0 Å². The molecule has 1 saturated carbocycles. The van der Waals surface area contributed by atoms with E-state index in [0.717, 1.165) is 24.9 Å². The van der Waals surface area contributed by atoms with Gasteiger partial charge in [0.05, 0.1) is 5.92 Å². The summed E-state index contributed by atoms with van der Waals surface area (Å²) in [5.74, 6) is -0.874. The minimum atomic E-state index is -0.674. The second-order valence-electron chi connectivity index (χ2n) is 4.55. The molecule has 0 saturated heterocycles. The molecule has 17 heavy (non-hydrogen) atoms. The van der Waals surface area contributed by atoms with Crippen LogP contribution in [0.15, 0.2) is 24.3 Å². The molecule has 0 heterocycles. The Morgan fingerprint density at radius 3 is 2.65 bits per heavy atom. The van der Waals surface area contributed by atoms with Crippen LogP contribution in [0.1, 0.15) is 25.7 Å². The van der Waals surface area contributed by atoms with Gasteiger partial charge in [0.1, 0.15) is 0 Å². The lowest BCUT2D eigenvalue weighted by molar-refractivity contribution is -0.142. The molecule has 1 aromatic rings. The quantitative estimate of drug-likeness (QED) is 0.868. The van der Waals surface area contributed by atoms with Crippen molar-refractivity contribution in [2.45, 2.75) is 31.7 Å². The van der Waals surface area contributed by atoms with Crippen molar-refractivity contribution in [2.75, 3.05) is 5.32 Å². The third-order valence-corrected chi connectivity index (χ3v) is 3.49. The van der Waals surface area contributed by atoms with Crippen LogP contribution in [0.5, 0.6) is 0 Å². The van der Waals surface area contributed by atoms with Gasteiger partial charge in [0.2, 0.25) is 0 Å². The fourth-order valence-corrected chi connectivity index (χ4v) is 2.45. The molecule has 0 bridgehead atoms. The average Bonchev–Trinajstić information content (AvgIpc) is 2.32. The molecule has 0 amide bonds. The molecule has 3 nitrogen and oxygen atoms in total. The fraction of sp³-hybridized carbons (Fsp3) is 0.462. The summed E-state index contributed by atoms with van der Waals surface area (Å²) >= 11 is 5.81. The number of hydrogen-bond acceptors (Lipinski definition) is 2. The number of carboxylic acids is 1. The minimum Gasteiger partial charge on any atom is -0.481 e. The van der Waals surface area contributed by atoms with Crippen LogP contribution in [0.3, 0.4) is 0 Å². The van der Waals surface area contributed by atoms with Gasteiger partial charge in [0.25, 0.3) is 0 Å². The van der Waals surface area contributed by atoms with Crippen LogP contribution in [0, 0.1) is 5.92 Å². The van der Waals surface area contributed by atoms with Crippen molar-refractivity contribution in [2.24, 2.45) is 5.92 Å².